The zero-order chi connectivity index (χ0) is 20.1. The first kappa shape index (κ1) is 22.6. The molecule has 4 N–H and O–H groups in total. The van der Waals surface area contributed by atoms with Gasteiger partial charge in [0.2, 0.25) is 5.91 Å². The summed E-state index contributed by atoms with van der Waals surface area (Å²) in [5.74, 6) is -1.70. The Morgan fingerprint density at radius 2 is 1.63 bits per heavy atom. The highest BCUT2D eigenvalue weighted by atomic mass is 16.5. The Morgan fingerprint density at radius 3 is 2.26 bits per heavy atom. The topological polar surface area (TPSA) is 116 Å². The maximum absolute atomic E-state index is 11.6. The summed E-state index contributed by atoms with van der Waals surface area (Å²) in [6.45, 7) is 1.52. The molecule has 1 rings (SSSR count). The molecular formula is C20H30N2O5. The van der Waals surface area contributed by atoms with Crippen molar-refractivity contribution >= 4 is 17.8 Å². The Balaban J connectivity index is 2.02. The number of carbonyl (C=O) groups is 3. The molecule has 0 saturated heterocycles. The SMILES string of the molecule is CC(NC(=O)CCCCCCCCCc1cccc(C(=O)O)c1)C(=O)NO. The van der Waals surface area contributed by atoms with Crippen molar-refractivity contribution in [3.8, 4) is 0 Å². The highest BCUT2D eigenvalue weighted by Crippen LogP contribution is 2.13. The van der Waals surface area contributed by atoms with Gasteiger partial charge in [0.25, 0.3) is 5.91 Å². The lowest BCUT2D eigenvalue weighted by atomic mass is 10.0. The molecule has 27 heavy (non-hydrogen) atoms. The average molecular weight is 378 g/mol. The maximum Gasteiger partial charge on any atom is 0.335 e. The fourth-order valence-corrected chi connectivity index (χ4v) is 2.83. The molecule has 0 bridgehead atoms. The first-order chi connectivity index (χ1) is 12.9. The van der Waals surface area contributed by atoms with Crippen LogP contribution in [-0.2, 0) is 16.0 Å². The van der Waals surface area contributed by atoms with Crippen LogP contribution in [0.25, 0.3) is 0 Å². The van der Waals surface area contributed by atoms with E-state index in [1.54, 1.807) is 18.2 Å². The molecule has 0 aliphatic rings. The summed E-state index contributed by atoms with van der Waals surface area (Å²) in [4.78, 5) is 33.7. The monoisotopic (exact) mass is 378 g/mol. The van der Waals surface area contributed by atoms with Crippen LogP contribution in [-0.4, -0.2) is 34.1 Å². The summed E-state index contributed by atoms with van der Waals surface area (Å²) in [6, 6.07) is 6.35. The second-order valence-corrected chi connectivity index (χ2v) is 6.75. The molecule has 2 amide bonds. The lowest BCUT2D eigenvalue weighted by Gasteiger charge is -2.11. The number of carboxylic acid groups (broad SMARTS) is 1. The summed E-state index contributed by atoms with van der Waals surface area (Å²) < 4.78 is 0. The first-order valence-corrected chi connectivity index (χ1v) is 9.49. The zero-order valence-corrected chi connectivity index (χ0v) is 15.9. The Hall–Kier alpha value is -2.41. The molecule has 0 aliphatic carbocycles. The van der Waals surface area contributed by atoms with Gasteiger partial charge < -0.3 is 10.4 Å². The molecule has 0 heterocycles. The molecule has 0 aliphatic heterocycles. The normalized spacial score (nSPS) is 11.6. The van der Waals surface area contributed by atoms with E-state index in [-0.39, 0.29) is 5.91 Å². The van der Waals surface area contributed by atoms with Gasteiger partial charge in [-0.2, -0.15) is 0 Å². The van der Waals surface area contributed by atoms with Crippen LogP contribution in [0.2, 0.25) is 0 Å². The molecule has 0 aromatic heterocycles. The average Bonchev–Trinajstić information content (AvgIpc) is 2.66. The zero-order valence-electron chi connectivity index (χ0n) is 15.9. The minimum atomic E-state index is -0.892. The van der Waals surface area contributed by atoms with Gasteiger partial charge >= 0.3 is 5.97 Å². The molecule has 1 aromatic carbocycles. The number of rotatable bonds is 13. The predicted octanol–water partition coefficient (Wildman–Crippen LogP) is 3.06. The van der Waals surface area contributed by atoms with Crippen LogP contribution in [0, 0.1) is 0 Å². The number of hydrogen-bond acceptors (Lipinski definition) is 4. The van der Waals surface area contributed by atoms with Crippen LogP contribution in [0.3, 0.4) is 0 Å². The number of amides is 2. The number of nitrogens with one attached hydrogen (secondary N) is 2. The van der Waals surface area contributed by atoms with Crippen molar-refractivity contribution in [1.82, 2.24) is 10.8 Å². The van der Waals surface area contributed by atoms with Gasteiger partial charge in [-0.15, -0.1) is 0 Å². The third kappa shape index (κ3) is 9.75. The molecule has 7 heteroatoms. The molecule has 0 radical (unpaired) electrons. The van der Waals surface area contributed by atoms with Gasteiger partial charge in [0.15, 0.2) is 0 Å². The van der Waals surface area contributed by atoms with Crippen molar-refractivity contribution in [2.24, 2.45) is 0 Å². The first-order valence-electron chi connectivity index (χ1n) is 9.49. The minimum Gasteiger partial charge on any atom is -0.478 e. The Kier molecular flexibility index (Phi) is 10.8. The summed E-state index contributed by atoms with van der Waals surface area (Å²) in [5, 5.41) is 20.0. The van der Waals surface area contributed by atoms with E-state index in [0.717, 1.165) is 56.9 Å². The number of hydroxylamine groups is 1. The largest absolute Gasteiger partial charge is 0.478 e. The van der Waals surface area contributed by atoms with E-state index in [0.29, 0.717) is 12.0 Å². The fraction of sp³-hybridized carbons (Fsp3) is 0.550. The summed E-state index contributed by atoms with van der Waals surface area (Å²) in [6.07, 6.45) is 8.45. The van der Waals surface area contributed by atoms with Crippen molar-refractivity contribution < 1.29 is 24.7 Å². The van der Waals surface area contributed by atoms with Crippen molar-refractivity contribution in [2.45, 2.75) is 70.8 Å². The van der Waals surface area contributed by atoms with Gasteiger partial charge in [-0.25, -0.2) is 10.3 Å². The maximum atomic E-state index is 11.6. The molecule has 1 aromatic rings. The Bertz CT molecular complexity index is 618. The number of unbranched alkanes of at least 4 members (excludes halogenated alkanes) is 6. The van der Waals surface area contributed by atoms with Crippen LogP contribution in [0.15, 0.2) is 24.3 Å². The summed E-state index contributed by atoms with van der Waals surface area (Å²) in [7, 11) is 0. The van der Waals surface area contributed by atoms with Crippen molar-refractivity contribution in [1.29, 1.82) is 0 Å². The van der Waals surface area contributed by atoms with E-state index >= 15 is 0 Å². The number of aryl methyl sites for hydroxylation is 1. The Morgan fingerprint density at radius 1 is 1.00 bits per heavy atom. The van der Waals surface area contributed by atoms with E-state index in [9.17, 15) is 14.4 Å². The lowest BCUT2D eigenvalue weighted by Crippen LogP contribution is -2.43. The standard InChI is InChI=1S/C20H30N2O5/c1-15(19(24)22-27)21-18(23)13-8-6-4-2-3-5-7-10-16-11-9-12-17(14-16)20(25)26/h9,11-12,14-15,27H,2-8,10,13H2,1H3,(H,21,23)(H,22,24)(H,25,26). The van der Waals surface area contributed by atoms with Crippen LogP contribution in [0.5, 0.6) is 0 Å². The smallest absolute Gasteiger partial charge is 0.335 e. The quantitative estimate of drug-likeness (QED) is 0.239. The molecule has 150 valence electrons. The van der Waals surface area contributed by atoms with E-state index in [1.807, 2.05) is 6.07 Å². The second-order valence-electron chi connectivity index (χ2n) is 6.75. The van der Waals surface area contributed by atoms with Gasteiger partial charge in [-0.05, 0) is 43.9 Å². The number of hydrogen-bond donors (Lipinski definition) is 4. The molecule has 7 nitrogen and oxygen atoms in total. The van der Waals surface area contributed by atoms with Crippen LogP contribution >= 0.6 is 0 Å². The van der Waals surface area contributed by atoms with E-state index < -0.39 is 17.9 Å². The molecule has 1 unspecified atom stereocenters. The fourth-order valence-electron chi connectivity index (χ4n) is 2.83. The van der Waals surface area contributed by atoms with E-state index in [2.05, 4.69) is 5.32 Å². The van der Waals surface area contributed by atoms with Gasteiger partial charge in [-0.1, -0.05) is 44.2 Å². The summed E-state index contributed by atoms with van der Waals surface area (Å²) in [5.41, 5.74) is 2.91. The molecule has 1 atom stereocenters. The number of aromatic carboxylic acids is 1. The third-order valence-corrected chi connectivity index (χ3v) is 4.42. The van der Waals surface area contributed by atoms with Gasteiger partial charge in [0.1, 0.15) is 6.04 Å². The van der Waals surface area contributed by atoms with Gasteiger partial charge in [0.05, 0.1) is 5.56 Å². The Labute approximate surface area is 160 Å². The number of benzene rings is 1. The molecule has 0 fully saturated rings. The van der Waals surface area contributed by atoms with Crippen molar-refractivity contribution in [3.63, 3.8) is 0 Å². The molecule has 0 spiro atoms. The molecule has 0 saturated carbocycles. The van der Waals surface area contributed by atoms with Crippen LogP contribution in [0.1, 0.15) is 74.2 Å². The van der Waals surface area contributed by atoms with E-state index in [4.69, 9.17) is 10.3 Å². The highest BCUT2D eigenvalue weighted by molar-refractivity contribution is 5.87. The number of carboxylic acids is 1. The minimum absolute atomic E-state index is 0.185. The van der Waals surface area contributed by atoms with Crippen molar-refractivity contribution in [3.05, 3.63) is 35.4 Å². The van der Waals surface area contributed by atoms with Crippen LogP contribution in [0.4, 0.5) is 0 Å². The second kappa shape index (κ2) is 12.9. The summed E-state index contributed by atoms with van der Waals surface area (Å²) >= 11 is 0. The van der Waals surface area contributed by atoms with Gasteiger partial charge in [0, 0.05) is 6.42 Å². The highest BCUT2D eigenvalue weighted by Gasteiger charge is 2.13. The van der Waals surface area contributed by atoms with Crippen molar-refractivity contribution in [2.75, 3.05) is 0 Å². The van der Waals surface area contributed by atoms with E-state index in [1.165, 1.54) is 12.4 Å². The lowest BCUT2D eigenvalue weighted by molar-refractivity contribution is -0.134. The third-order valence-electron chi connectivity index (χ3n) is 4.42. The number of carbonyl (C=O) groups excluding carboxylic acids is 2. The molecular weight excluding hydrogens is 348 g/mol. The van der Waals surface area contributed by atoms with Gasteiger partial charge in [-0.3, -0.25) is 14.8 Å². The predicted molar refractivity (Wildman–Crippen MR) is 102 cm³/mol. The van der Waals surface area contributed by atoms with Crippen LogP contribution < -0.4 is 10.8 Å².